The number of amides is 1. The maximum Gasteiger partial charge on any atom is 0.408 e. The Labute approximate surface area is 118 Å². The summed E-state index contributed by atoms with van der Waals surface area (Å²) < 4.78 is 5.26. The molecule has 1 amide bonds. The quantitative estimate of drug-likeness (QED) is 0.827. The Bertz CT molecular complexity index is 509. The summed E-state index contributed by atoms with van der Waals surface area (Å²) in [6.07, 6.45) is -0.403. The van der Waals surface area contributed by atoms with Crippen LogP contribution in [0.2, 0.25) is 5.02 Å². The van der Waals surface area contributed by atoms with E-state index < -0.39 is 11.7 Å². The summed E-state index contributed by atoms with van der Waals surface area (Å²) in [5, 5.41) is 6.87. The average Bonchev–Trinajstić information content (AvgIpc) is 2.65. The van der Waals surface area contributed by atoms with Gasteiger partial charge in [-0.25, -0.2) is 4.79 Å². The number of anilines is 1. The van der Waals surface area contributed by atoms with Crippen molar-refractivity contribution in [1.82, 2.24) is 5.32 Å². The van der Waals surface area contributed by atoms with Gasteiger partial charge in [-0.15, -0.1) is 0 Å². The molecule has 0 aliphatic carbocycles. The van der Waals surface area contributed by atoms with Crippen molar-refractivity contribution in [3.8, 4) is 0 Å². The molecular formula is C14H19ClN2O2. The lowest BCUT2D eigenvalue weighted by Crippen LogP contribution is -2.35. The van der Waals surface area contributed by atoms with E-state index >= 15 is 0 Å². The predicted molar refractivity (Wildman–Crippen MR) is 76.8 cm³/mol. The van der Waals surface area contributed by atoms with E-state index in [1.807, 2.05) is 39.8 Å². The number of ether oxygens (including phenoxy) is 1. The molecule has 1 aliphatic rings. The topological polar surface area (TPSA) is 50.4 Å². The Balaban J connectivity index is 2.11. The zero-order valence-electron chi connectivity index (χ0n) is 11.6. The highest BCUT2D eigenvalue weighted by Crippen LogP contribution is 2.36. The lowest BCUT2D eigenvalue weighted by Gasteiger charge is -2.21. The van der Waals surface area contributed by atoms with Gasteiger partial charge < -0.3 is 15.4 Å². The van der Waals surface area contributed by atoms with Gasteiger partial charge in [-0.2, -0.15) is 0 Å². The van der Waals surface area contributed by atoms with Gasteiger partial charge in [0.05, 0.1) is 6.04 Å². The van der Waals surface area contributed by atoms with E-state index in [4.69, 9.17) is 16.3 Å². The predicted octanol–water partition coefficient (Wildman–Crippen LogP) is 3.64. The van der Waals surface area contributed by atoms with Crippen LogP contribution in [0.15, 0.2) is 12.1 Å². The highest BCUT2D eigenvalue weighted by Gasteiger charge is 2.27. The monoisotopic (exact) mass is 282 g/mol. The van der Waals surface area contributed by atoms with Gasteiger partial charge in [0.25, 0.3) is 0 Å². The zero-order chi connectivity index (χ0) is 14.2. The Hall–Kier alpha value is -1.42. The molecule has 0 saturated heterocycles. The molecule has 0 saturated carbocycles. The van der Waals surface area contributed by atoms with E-state index in [1.165, 1.54) is 0 Å². The first kappa shape index (κ1) is 14.0. The number of nitrogens with one attached hydrogen (secondary N) is 2. The number of hydrogen-bond donors (Lipinski definition) is 2. The van der Waals surface area contributed by atoms with Crippen LogP contribution in [0.25, 0.3) is 0 Å². The molecule has 0 spiro atoms. The average molecular weight is 283 g/mol. The van der Waals surface area contributed by atoms with Crippen LogP contribution in [0.4, 0.5) is 10.5 Å². The van der Waals surface area contributed by atoms with Crippen LogP contribution >= 0.6 is 11.6 Å². The van der Waals surface area contributed by atoms with Crippen molar-refractivity contribution in [2.45, 2.75) is 39.3 Å². The SMILES string of the molecule is Cc1c(Cl)ccc2c1NCC2NC(=O)OC(C)(C)C. The summed E-state index contributed by atoms with van der Waals surface area (Å²) >= 11 is 6.08. The third kappa shape index (κ3) is 3.13. The normalized spacial score (nSPS) is 17.6. The lowest BCUT2D eigenvalue weighted by atomic mass is 10.1. The minimum absolute atomic E-state index is 0.0826. The fourth-order valence-corrected chi connectivity index (χ4v) is 2.28. The van der Waals surface area contributed by atoms with Crippen LogP contribution < -0.4 is 10.6 Å². The molecule has 5 heteroatoms. The Morgan fingerprint density at radius 2 is 2.16 bits per heavy atom. The van der Waals surface area contributed by atoms with Gasteiger partial charge in [0.1, 0.15) is 5.60 Å². The number of fused-ring (bicyclic) bond motifs is 1. The highest BCUT2D eigenvalue weighted by atomic mass is 35.5. The Morgan fingerprint density at radius 1 is 1.47 bits per heavy atom. The summed E-state index contributed by atoms with van der Waals surface area (Å²) in [6, 6.07) is 3.71. The van der Waals surface area contributed by atoms with Gasteiger partial charge >= 0.3 is 6.09 Å². The lowest BCUT2D eigenvalue weighted by molar-refractivity contribution is 0.0508. The number of benzene rings is 1. The first-order valence-corrected chi connectivity index (χ1v) is 6.68. The van der Waals surface area contributed by atoms with E-state index in [1.54, 1.807) is 0 Å². The molecule has 1 aromatic rings. The summed E-state index contributed by atoms with van der Waals surface area (Å²) in [4.78, 5) is 11.8. The number of alkyl carbamates (subject to hydrolysis) is 1. The molecule has 1 atom stereocenters. The van der Waals surface area contributed by atoms with Crippen LogP contribution in [0.1, 0.15) is 37.9 Å². The van der Waals surface area contributed by atoms with Gasteiger partial charge in [-0.05, 0) is 44.9 Å². The Kier molecular flexibility index (Phi) is 3.63. The molecular weight excluding hydrogens is 264 g/mol. The summed E-state index contributed by atoms with van der Waals surface area (Å²) in [6.45, 7) is 8.14. The third-order valence-electron chi connectivity index (χ3n) is 2.98. The first-order valence-electron chi connectivity index (χ1n) is 6.30. The largest absolute Gasteiger partial charge is 0.444 e. The number of hydrogen-bond acceptors (Lipinski definition) is 3. The van der Waals surface area contributed by atoms with Crippen molar-refractivity contribution < 1.29 is 9.53 Å². The maximum absolute atomic E-state index is 11.8. The molecule has 1 aliphatic heterocycles. The molecule has 19 heavy (non-hydrogen) atoms. The molecule has 0 aromatic heterocycles. The smallest absolute Gasteiger partial charge is 0.408 e. The molecule has 0 fully saturated rings. The van der Waals surface area contributed by atoms with Crippen LogP contribution in [0, 0.1) is 6.92 Å². The van der Waals surface area contributed by atoms with Crippen molar-refractivity contribution in [1.29, 1.82) is 0 Å². The summed E-state index contributed by atoms with van der Waals surface area (Å²) in [5.74, 6) is 0. The minimum Gasteiger partial charge on any atom is -0.444 e. The van der Waals surface area contributed by atoms with E-state index in [0.717, 1.165) is 21.8 Å². The molecule has 2 N–H and O–H groups in total. The Morgan fingerprint density at radius 3 is 2.79 bits per heavy atom. The van der Waals surface area contributed by atoms with Gasteiger partial charge in [0.2, 0.25) is 0 Å². The minimum atomic E-state index is -0.491. The van der Waals surface area contributed by atoms with E-state index in [2.05, 4.69) is 10.6 Å². The van der Waals surface area contributed by atoms with Gasteiger partial charge in [-0.1, -0.05) is 17.7 Å². The molecule has 0 bridgehead atoms. The van der Waals surface area contributed by atoms with Crippen molar-refractivity contribution in [2.75, 3.05) is 11.9 Å². The van der Waals surface area contributed by atoms with Crippen molar-refractivity contribution >= 4 is 23.4 Å². The van der Waals surface area contributed by atoms with E-state index in [0.29, 0.717) is 6.54 Å². The number of carbonyl (C=O) groups excluding carboxylic acids is 1. The molecule has 2 rings (SSSR count). The molecule has 0 radical (unpaired) electrons. The fourth-order valence-electron chi connectivity index (χ4n) is 2.12. The summed E-state index contributed by atoms with van der Waals surface area (Å²) in [5.41, 5.74) is 2.57. The number of rotatable bonds is 1. The van der Waals surface area contributed by atoms with Crippen molar-refractivity contribution in [3.63, 3.8) is 0 Å². The van der Waals surface area contributed by atoms with Gasteiger partial charge in [-0.3, -0.25) is 0 Å². The third-order valence-corrected chi connectivity index (χ3v) is 3.39. The van der Waals surface area contributed by atoms with Crippen LogP contribution in [0.5, 0.6) is 0 Å². The first-order chi connectivity index (χ1) is 8.78. The molecule has 4 nitrogen and oxygen atoms in total. The second-order valence-corrected chi connectivity index (χ2v) is 6.12. The number of halogens is 1. The summed E-state index contributed by atoms with van der Waals surface area (Å²) in [7, 11) is 0. The molecule has 1 heterocycles. The zero-order valence-corrected chi connectivity index (χ0v) is 12.4. The van der Waals surface area contributed by atoms with Gasteiger partial charge in [0.15, 0.2) is 0 Å². The highest BCUT2D eigenvalue weighted by molar-refractivity contribution is 6.31. The maximum atomic E-state index is 11.8. The van der Waals surface area contributed by atoms with Gasteiger partial charge in [0, 0.05) is 17.3 Å². The molecule has 1 aromatic carbocycles. The van der Waals surface area contributed by atoms with Crippen LogP contribution in [0.3, 0.4) is 0 Å². The van der Waals surface area contributed by atoms with Crippen LogP contribution in [-0.4, -0.2) is 18.2 Å². The second kappa shape index (κ2) is 4.93. The standard InChI is InChI=1S/C14H19ClN2O2/c1-8-10(15)6-5-9-11(7-16-12(8)9)17-13(18)19-14(2,3)4/h5-6,11,16H,7H2,1-4H3,(H,17,18). The van der Waals surface area contributed by atoms with Crippen LogP contribution in [-0.2, 0) is 4.74 Å². The van der Waals surface area contributed by atoms with Crippen molar-refractivity contribution in [3.05, 3.63) is 28.3 Å². The number of carbonyl (C=O) groups is 1. The fraction of sp³-hybridized carbons (Fsp3) is 0.500. The second-order valence-electron chi connectivity index (χ2n) is 5.72. The van der Waals surface area contributed by atoms with Crippen molar-refractivity contribution in [2.24, 2.45) is 0 Å². The molecule has 104 valence electrons. The molecule has 1 unspecified atom stereocenters. The van der Waals surface area contributed by atoms with E-state index in [9.17, 15) is 4.79 Å². The van der Waals surface area contributed by atoms with E-state index in [-0.39, 0.29) is 6.04 Å².